The number of aliphatic hydroxyl groups is 3. The van der Waals surface area contributed by atoms with E-state index in [9.17, 15) is 37.9 Å². The predicted molar refractivity (Wildman–Crippen MR) is 303 cm³/mol. The van der Waals surface area contributed by atoms with Crippen LogP contribution in [0, 0.1) is 0 Å². The fraction of sp³-hybridized carbons (Fsp3) is 0.869. The van der Waals surface area contributed by atoms with Crippen molar-refractivity contribution in [3.05, 3.63) is 36.5 Å². The molecule has 0 amide bonds. The molecule has 1 heterocycles. The van der Waals surface area contributed by atoms with Gasteiger partial charge in [0.15, 0.2) is 12.4 Å². The van der Waals surface area contributed by atoms with Crippen LogP contribution in [0.25, 0.3) is 0 Å². The molecule has 0 spiro atoms. The number of esters is 2. The quantitative estimate of drug-likeness (QED) is 0.0196. The monoisotopic (exact) mass is 1070 g/mol. The molecule has 1 saturated heterocycles. The molecule has 0 bridgehead atoms. The molecule has 12 nitrogen and oxygen atoms in total. The van der Waals surface area contributed by atoms with Crippen molar-refractivity contribution in [2.24, 2.45) is 0 Å². The fourth-order valence-corrected chi connectivity index (χ4v) is 10.2. The second-order valence-electron chi connectivity index (χ2n) is 21.4. The summed E-state index contributed by atoms with van der Waals surface area (Å²) in [5.41, 5.74) is 0. The highest BCUT2D eigenvalue weighted by molar-refractivity contribution is 7.85. The fourth-order valence-electron chi connectivity index (χ4n) is 9.47. The second kappa shape index (κ2) is 50.4. The van der Waals surface area contributed by atoms with Gasteiger partial charge in [-0.05, 0) is 70.6 Å². The standard InChI is InChI=1S/C61H112O12S/c1-3-5-7-9-11-13-15-17-19-21-23-25-27-29-31-33-35-37-39-41-43-45-47-49-56(62)70-51-54(52-71-61-60(66)59(65)58(64)55(73-61)53-74(67,68)69)72-57(63)50-48-46-44-42-40-38-36-34-32-30-28-26-24-22-20-18-16-14-12-10-8-6-4-2/h16,18,21-24,54-55,58-61,64-66H,3-15,17,19-20,25-53H2,1-2H3,(H,67,68,69)/b18-16-,23-21-,24-22-. The molecule has 1 aliphatic rings. The minimum absolute atomic E-state index is 0.163. The first-order valence-corrected chi connectivity index (χ1v) is 32.2. The maximum absolute atomic E-state index is 12.9. The van der Waals surface area contributed by atoms with Crippen molar-refractivity contribution >= 4 is 22.1 Å². The van der Waals surface area contributed by atoms with Gasteiger partial charge in [0, 0.05) is 12.8 Å². The number of carbonyl (C=O) groups is 2. The number of allylic oxidation sites excluding steroid dienone is 6. The average molecular weight is 1070 g/mol. The lowest BCUT2D eigenvalue weighted by atomic mass is 10.00. The van der Waals surface area contributed by atoms with Crippen molar-refractivity contribution in [1.29, 1.82) is 0 Å². The van der Waals surface area contributed by atoms with Gasteiger partial charge in [-0.1, -0.05) is 237 Å². The SMILES string of the molecule is CCCCCCC/C=C\C/C=C\CCCCCCCCCCCCCC(=O)OC(COC(=O)CCCCCCCCCCCCC/C=C\CCCCCCCCCC)COC1OC(CS(=O)(=O)O)C(O)C(O)C1O. The Morgan fingerprint density at radius 1 is 0.459 bits per heavy atom. The Kier molecular flexibility index (Phi) is 47.6. The molecule has 1 fully saturated rings. The number of hydrogen-bond acceptors (Lipinski definition) is 11. The second-order valence-corrected chi connectivity index (χ2v) is 22.9. The van der Waals surface area contributed by atoms with E-state index in [1.807, 2.05) is 0 Å². The van der Waals surface area contributed by atoms with Gasteiger partial charge in [0.1, 0.15) is 36.8 Å². The topological polar surface area (TPSA) is 186 Å². The third kappa shape index (κ3) is 43.9. The van der Waals surface area contributed by atoms with Crippen LogP contribution < -0.4 is 0 Å². The molecule has 0 aromatic rings. The van der Waals surface area contributed by atoms with Gasteiger partial charge < -0.3 is 34.3 Å². The van der Waals surface area contributed by atoms with Crippen LogP contribution in [0.2, 0.25) is 0 Å². The highest BCUT2D eigenvalue weighted by Gasteiger charge is 2.46. The van der Waals surface area contributed by atoms with Crippen molar-refractivity contribution in [2.75, 3.05) is 19.0 Å². The Morgan fingerprint density at radius 2 is 0.811 bits per heavy atom. The number of rotatable bonds is 53. The highest BCUT2D eigenvalue weighted by Crippen LogP contribution is 2.24. The molecule has 0 aromatic heterocycles. The van der Waals surface area contributed by atoms with Crippen LogP contribution in [-0.2, 0) is 38.7 Å². The van der Waals surface area contributed by atoms with Gasteiger partial charge in [-0.2, -0.15) is 8.42 Å². The molecule has 13 heteroatoms. The number of unbranched alkanes of at least 4 members (excludes halogenated alkanes) is 35. The van der Waals surface area contributed by atoms with Gasteiger partial charge in [-0.25, -0.2) is 0 Å². The summed E-state index contributed by atoms with van der Waals surface area (Å²) in [5.74, 6) is -1.97. The Hall–Kier alpha value is -2.13. The summed E-state index contributed by atoms with van der Waals surface area (Å²) in [5, 5.41) is 31.1. The van der Waals surface area contributed by atoms with E-state index >= 15 is 0 Å². The van der Waals surface area contributed by atoms with Crippen molar-refractivity contribution < 1.29 is 56.8 Å². The van der Waals surface area contributed by atoms with Gasteiger partial charge in [0.2, 0.25) is 0 Å². The molecule has 1 aliphatic heterocycles. The maximum Gasteiger partial charge on any atom is 0.306 e. The van der Waals surface area contributed by atoms with Crippen LogP contribution in [0.1, 0.15) is 284 Å². The zero-order valence-corrected chi connectivity index (χ0v) is 48.0. The van der Waals surface area contributed by atoms with Crippen LogP contribution in [0.5, 0.6) is 0 Å². The summed E-state index contributed by atoms with van der Waals surface area (Å²) in [6, 6.07) is 0. The molecule has 6 unspecified atom stereocenters. The first-order valence-electron chi connectivity index (χ1n) is 30.5. The molecule has 0 aromatic carbocycles. The maximum atomic E-state index is 12.9. The van der Waals surface area contributed by atoms with Crippen LogP contribution in [-0.4, -0.2) is 96.0 Å². The highest BCUT2D eigenvalue weighted by atomic mass is 32.2. The summed E-state index contributed by atoms with van der Waals surface area (Å²) in [7, 11) is -4.61. The van der Waals surface area contributed by atoms with E-state index in [-0.39, 0.29) is 19.4 Å². The molecular formula is C61H112O12S. The van der Waals surface area contributed by atoms with E-state index in [0.29, 0.717) is 12.8 Å². The van der Waals surface area contributed by atoms with Crippen molar-refractivity contribution in [2.45, 2.75) is 320 Å². The van der Waals surface area contributed by atoms with Gasteiger partial charge >= 0.3 is 11.9 Å². The molecule has 74 heavy (non-hydrogen) atoms. The smallest absolute Gasteiger partial charge is 0.306 e. The molecule has 0 aliphatic carbocycles. The van der Waals surface area contributed by atoms with Crippen LogP contribution in [0.15, 0.2) is 36.5 Å². The minimum Gasteiger partial charge on any atom is -0.462 e. The summed E-state index contributed by atoms with van der Waals surface area (Å²) >= 11 is 0. The number of ether oxygens (including phenoxy) is 4. The molecule has 1 rings (SSSR count). The van der Waals surface area contributed by atoms with E-state index in [0.717, 1.165) is 51.4 Å². The molecule has 0 radical (unpaired) electrons. The van der Waals surface area contributed by atoms with E-state index in [2.05, 4.69) is 50.3 Å². The Morgan fingerprint density at radius 3 is 1.20 bits per heavy atom. The number of hydrogen-bond donors (Lipinski definition) is 4. The number of carbonyl (C=O) groups excluding carboxylic acids is 2. The summed E-state index contributed by atoms with van der Waals surface area (Å²) in [6.07, 6.45) is 53.3. The summed E-state index contributed by atoms with van der Waals surface area (Å²) in [6.45, 7) is 3.81. The molecule has 6 atom stereocenters. The van der Waals surface area contributed by atoms with Crippen LogP contribution >= 0.6 is 0 Å². The van der Waals surface area contributed by atoms with Crippen molar-refractivity contribution in [3.8, 4) is 0 Å². The van der Waals surface area contributed by atoms with Gasteiger partial charge in [0.25, 0.3) is 10.1 Å². The predicted octanol–water partition coefficient (Wildman–Crippen LogP) is 15.2. The first kappa shape index (κ1) is 69.9. The minimum atomic E-state index is -4.61. The zero-order chi connectivity index (χ0) is 54.0. The average Bonchev–Trinajstić information content (AvgIpc) is 3.37. The van der Waals surface area contributed by atoms with Crippen molar-refractivity contribution in [1.82, 2.24) is 0 Å². The lowest BCUT2D eigenvalue weighted by Gasteiger charge is -2.40. The van der Waals surface area contributed by atoms with Crippen LogP contribution in [0.3, 0.4) is 0 Å². The Bertz CT molecular complexity index is 1480. The molecule has 0 saturated carbocycles. The molecular weight excluding hydrogens is 957 g/mol. The third-order valence-corrected chi connectivity index (χ3v) is 14.9. The van der Waals surface area contributed by atoms with Gasteiger partial charge in [0.05, 0.1) is 6.61 Å². The van der Waals surface area contributed by atoms with E-state index < -0.39 is 71.2 Å². The third-order valence-electron chi connectivity index (χ3n) is 14.2. The largest absolute Gasteiger partial charge is 0.462 e. The Labute approximate surface area is 452 Å². The summed E-state index contributed by atoms with van der Waals surface area (Å²) < 4.78 is 54.5. The first-order chi connectivity index (χ1) is 36.0. The van der Waals surface area contributed by atoms with Crippen molar-refractivity contribution in [3.63, 3.8) is 0 Å². The number of aliphatic hydroxyl groups excluding tert-OH is 3. The summed E-state index contributed by atoms with van der Waals surface area (Å²) in [4.78, 5) is 25.7. The normalized spacial score (nSPS) is 18.8. The van der Waals surface area contributed by atoms with E-state index in [1.165, 1.54) is 193 Å². The Balaban J connectivity index is 2.28. The van der Waals surface area contributed by atoms with E-state index in [4.69, 9.17) is 18.9 Å². The van der Waals surface area contributed by atoms with Gasteiger partial charge in [-0.3, -0.25) is 14.1 Å². The lowest BCUT2D eigenvalue weighted by Crippen LogP contribution is -2.60. The molecule has 434 valence electrons. The van der Waals surface area contributed by atoms with Crippen LogP contribution in [0.4, 0.5) is 0 Å². The van der Waals surface area contributed by atoms with Gasteiger partial charge in [-0.15, -0.1) is 0 Å². The molecule has 4 N–H and O–H groups in total. The zero-order valence-electron chi connectivity index (χ0n) is 47.2. The lowest BCUT2D eigenvalue weighted by molar-refractivity contribution is -0.297. The van der Waals surface area contributed by atoms with E-state index in [1.54, 1.807) is 0 Å².